The Kier molecular flexibility index (Phi) is 5.12. The van der Waals surface area contributed by atoms with E-state index >= 15 is 0 Å². The lowest BCUT2D eigenvalue weighted by Gasteiger charge is -2.42. The maximum atomic E-state index is 10.8. The molecule has 2 rings (SSSR count). The SMILES string of the molecule is CCc1nc(C)cc(NC2CC(N(CC)CC(=O)O)C2)n1. The van der Waals surface area contributed by atoms with Crippen molar-refractivity contribution in [3.8, 4) is 0 Å². The number of nitrogens with one attached hydrogen (secondary N) is 1. The molecule has 0 radical (unpaired) electrons. The highest BCUT2D eigenvalue weighted by molar-refractivity contribution is 5.69. The maximum absolute atomic E-state index is 10.8. The quantitative estimate of drug-likeness (QED) is 0.796. The van der Waals surface area contributed by atoms with E-state index in [1.807, 2.05) is 31.7 Å². The molecule has 1 aromatic rings. The first-order valence-corrected chi connectivity index (χ1v) is 7.58. The van der Waals surface area contributed by atoms with Crippen molar-refractivity contribution in [3.05, 3.63) is 17.6 Å². The number of aryl methyl sites for hydroxylation is 2. The molecule has 6 heteroatoms. The number of rotatable bonds is 7. The van der Waals surface area contributed by atoms with Crippen molar-refractivity contribution in [2.75, 3.05) is 18.4 Å². The Bertz CT molecular complexity index is 500. The molecule has 0 spiro atoms. The topological polar surface area (TPSA) is 78.4 Å². The Hall–Kier alpha value is -1.69. The van der Waals surface area contributed by atoms with Gasteiger partial charge in [0.25, 0.3) is 0 Å². The van der Waals surface area contributed by atoms with E-state index in [2.05, 4.69) is 15.3 Å². The molecular formula is C15H24N4O2. The molecule has 0 bridgehead atoms. The van der Waals surface area contributed by atoms with Gasteiger partial charge in [-0.15, -0.1) is 0 Å². The highest BCUT2D eigenvalue weighted by Gasteiger charge is 2.33. The summed E-state index contributed by atoms with van der Waals surface area (Å²) in [7, 11) is 0. The summed E-state index contributed by atoms with van der Waals surface area (Å²) in [4.78, 5) is 21.7. The van der Waals surface area contributed by atoms with Gasteiger partial charge in [-0.1, -0.05) is 13.8 Å². The smallest absolute Gasteiger partial charge is 0.317 e. The number of carbonyl (C=O) groups is 1. The molecule has 2 N–H and O–H groups in total. The van der Waals surface area contributed by atoms with Crippen LogP contribution in [0.25, 0.3) is 0 Å². The number of carboxylic acids is 1. The van der Waals surface area contributed by atoms with E-state index in [-0.39, 0.29) is 6.54 Å². The van der Waals surface area contributed by atoms with E-state index in [0.717, 1.165) is 43.1 Å². The number of aromatic nitrogens is 2. The first-order chi connectivity index (χ1) is 10.0. The number of anilines is 1. The third kappa shape index (κ3) is 4.14. The predicted octanol–water partition coefficient (Wildman–Crippen LogP) is 1.70. The maximum Gasteiger partial charge on any atom is 0.317 e. The van der Waals surface area contributed by atoms with Crippen LogP contribution < -0.4 is 5.32 Å². The summed E-state index contributed by atoms with van der Waals surface area (Å²) < 4.78 is 0. The zero-order valence-electron chi connectivity index (χ0n) is 13.0. The molecule has 1 saturated carbocycles. The molecule has 0 amide bonds. The van der Waals surface area contributed by atoms with Crippen LogP contribution in [0.3, 0.4) is 0 Å². The summed E-state index contributed by atoms with van der Waals surface area (Å²) in [5.41, 5.74) is 0.973. The first-order valence-electron chi connectivity index (χ1n) is 7.58. The Morgan fingerprint density at radius 3 is 2.71 bits per heavy atom. The second-order valence-corrected chi connectivity index (χ2v) is 5.59. The average Bonchev–Trinajstić information content (AvgIpc) is 2.39. The van der Waals surface area contributed by atoms with Crippen LogP contribution in [0.5, 0.6) is 0 Å². The van der Waals surface area contributed by atoms with Gasteiger partial charge in [0.15, 0.2) is 0 Å². The van der Waals surface area contributed by atoms with E-state index < -0.39 is 5.97 Å². The fourth-order valence-electron chi connectivity index (χ4n) is 2.75. The van der Waals surface area contributed by atoms with Gasteiger partial charge in [0, 0.05) is 30.3 Å². The van der Waals surface area contributed by atoms with E-state index in [0.29, 0.717) is 12.1 Å². The number of hydrogen-bond donors (Lipinski definition) is 2. The molecule has 0 saturated heterocycles. The summed E-state index contributed by atoms with van der Waals surface area (Å²) >= 11 is 0. The van der Waals surface area contributed by atoms with Crippen LogP contribution in [-0.4, -0.2) is 51.1 Å². The van der Waals surface area contributed by atoms with Gasteiger partial charge >= 0.3 is 5.97 Å². The monoisotopic (exact) mass is 292 g/mol. The molecule has 0 atom stereocenters. The van der Waals surface area contributed by atoms with Gasteiger partial charge in [-0.2, -0.15) is 0 Å². The molecule has 1 fully saturated rings. The zero-order valence-corrected chi connectivity index (χ0v) is 13.0. The standard InChI is InChI=1S/C15H24N4O2/c1-4-13-16-10(3)6-14(18-13)17-11-7-12(8-11)19(5-2)9-15(20)21/h6,11-12H,4-5,7-9H2,1-3H3,(H,20,21)(H,16,17,18). The molecule has 1 aromatic heterocycles. The van der Waals surface area contributed by atoms with Crippen LogP contribution in [0.4, 0.5) is 5.82 Å². The molecule has 116 valence electrons. The Labute approximate surface area is 125 Å². The molecule has 0 aromatic carbocycles. The van der Waals surface area contributed by atoms with Crippen molar-refractivity contribution in [2.45, 2.75) is 52.1 Å². The predicted molar refractivity (Wildman–Crippen MR) is 81.5 cm³/mol. The third-order valence-corrected chi connectivity index (χ3v) is 3.94. The number of hydrogen-bond acceptors (Lipinski definition) is 5. The van der Waals surface area contributed by atoms with Gasteiger partial charge in [-0.05, 0) is 26.3 Å². The number of aliphatic carboxylic acids is 1. The largest absolute Gasteiger partial charge is 0.480 e. The van der Waals surface area contributed by atoms with Crippen LogP contribution in [0.1, 0.15) is 38.2 Å². The minimum Gasteiger partial charge on any atom is -0.480 e. The highest BCUT2D eigenvalue weighted by atomic mass is 16.4. The number of nitrogens with zero attached hydrogens (tertiary/aromatic N) is 3. The van der Waals surface area contributed by atoms with Crippen molar-refractivity contribution in [1.82, 2.24) is 14.9 Å². The van der Waals surface area contributed by atoms with Gasteiger partial charge in [-0.25, -0.2) is 9.97 Å². The lowest BCUT2D eigenvalue weighted by Crippen LogP contribution is -2.51. The fourth-order valence-corrected chi connectivity index (χ4v) is 2.75. The Morgan fingerprint density at radius 2 is 2.14 bits per heavy atom. The summed E-state index contributed by atoms with van der Waals surface area (Å²) in [5, 5.41) is 12.3. The van der Waals surface area contributed by atoms with Gasteiger partial charge in [-0.3, -0.25) is 9.69 Å². The summed E-state index contributed by atoms with van der Waals surface area (Å²) in [6, 6.07) is 2.69. The van der Waals surface area contributed by atoms with Crippen molar-refractivity contribution >= 4 is 11.8 Å². The molecule has 1 aliphatic carbocycles. The molecule has 0 aliphatic heterocycles. The van der Waals surface area contributed by atoms with Gasteiger partial charge < -0.3 is 10.4 Å². The van der Waals surface area contributed by atoms with Gasteiger partial charge in [0.1, 0.15) is 11.6 Å². The zero-order chi connectivity index (χ0) is 15.4. The average molecular weight is 292 g/mol. The van der Waals surface area contributed by atoms with Crippen LogP contribution in [-0.2, 0) is 11.2 Å². The second kappa shape index (κ2) is 6.85. The van der Waals surface area contributed by atoms with Gasteiger partial charge in [0.2, 0.25) is 0 Å². The minimum atomic E-state index is -0.757. The minimum absolute atomic E-state index is 0.125. The normalized spacial score (nSPS) is 21.1. The van der Waals surface area contributed by atoms with Gasteiger partial charge in [0.05, 0.1) is 6.54 Å². The molecule has 6 nitrogen and oxygen atoms in total. The summed E-state index contributed by atoms with van der Waals surface area (Å²) in [5.74, 6) is 0.978. The summed E-state index contributed by atoms with van der Waals surface area (Å²) in [6.07, 6.45) is 2.75. The number of likely N-dealkylation sites (N-methyl/N-ethyl adjacent to an activating group) is 1. The molecule has 1 heterocycles. The van der Waals surface area contributed by atoms with Crippen molar-refractivity contribution in [2.24, 2.45) is 0 Å². The molecule has 1 aliphatic rings. The lowest BCUT2D eigenvalue weighted by atomic mass is 9.85. The lowest BCUT2D eigenvalue weighted by molar-refractivity contribution is -0.139. The van der Waals surface area contributed by atoms with Crippen molar-refractivity contribution in [1.29, 1.82) is 0 Å². The Balaban J connectivity index is 1.87. The first kappa shape index (κ1) is 15.7. The highest BCUT2D eigenvalue weighted by Crippen LogP contribution is 2.28. The number of carboxylic acid groups (broad SMARTS) is 1. The van der Waals surface area contributed by atoms with E-state index in [1.165, 1.54) is 0 Å². The summed E-state index contributed by atoms with van der Waals surface area (Å²) in [6.45, 7) is 6.92. The van der Waals surface area contributed by atoms with E-state index in [1.54, 1.807) is 0 Å². The van der Waals surface area contributed by atoms with Crippen molar-refractivity contribution in [3.63, 3.8) is 0 Å². The van der Waals surface area contributed by atoms with Crippen LogP contribution >= 0.6 is 0 Å². The Morgan fingerprint density at radius 1 is 1.43 bits per heavy atom. The van der Waals surface area contributed by atoms with Crippen LogP contribution in [0, 0.1) is 6.92 Å². The second-order valence-electron chi connectivity index (χ2n) is 5.59. The molecule has 0 unspecified atom stereocenters. The van der Waals surface area contributed by atoms with Crippen molar-refractivity contribution < 1.29 is 9.90 Å². The van der Waals surface area contributed by atoms with Crippen LogP contribution in [0.2, 0.25) is 0 Å². The van der Waals surface area contributed by atoms with E-state index in [4.69, 9.17) is 5.11 Å². The third-order valence-electron chi connectivity index (χ3n) is 3.94. The van der Waals surface area contributed by atoms with E-state index in [9.17, 15) is 4.79 Å². The fraction of sp³-hybridized carbons (Fsp3) is 0.667. The van der Waals surface area contributed by atoms with Crippen LogP contribution in [0.15, 0.2) is 6.07 Å². The molecular weight excluding hydrogens is 268 g/mol. The molecule has 21 heavy (non-hydrogen) atoms.